The summed E-state index contributed by atoms with van der Waals surface area (Å²) in [6, 6.07) is 2.06. The SMILES string of the molecule is NC1CCCN(c2n[nH]c(-c3ccnnc3)n2)C1. The number of aromatic amines is 1. The minimum absolute atomic E-state index is 0.211. The van der Waals surface area contributed by atoms with E-state index in [0.717, 1.165) is 31.5 Å². The fraction of sp³-hybridized carbons (Fsp3) is 0.455. The minimum Gasteiger partial charge on any atom is -0.338 e. The van der Waals surface area contributed by atoms with E-state index in [1.807, 2.05) is 6.07 Å². The van der Waals surface area contributed by atoms with Crippen LogP contribution in [0.5, 0.6) is 0 Å². The van der Waals surface area contributed by atoms with Gasteiger partial charge in [0.2, 0.25) is 5.95 Å². The lowest BCUT2D eigenvalue weighted by Crippen LogP contribution is -2.43. The molecule has 0 radical (unpaired) electrons. The molecular weight excluding hydrogens is 230 g/mol. The van der Waals surface area contributed by atoms with Gasteiger partial charge in [-0.3, -0.25) is 5.10 Å². The minimum atomic E-state index is 0.211. The number of rotatable bonds is 2. The molecular formula is C11H15N7. The zero-order chi connectivity index (χ0) is 12.4. The molecule has 3 heterocycles. The zero-order valence-electron chi connectivity index (χ0n) is 9.95. The van der Waals surface area contributed by atoms with Crippen LogP contribution in [0.4, 0.5) is 5.95 Å². The van der Waals surface area contributed by atoms with Crippen molar-refractivity contribution in [1.29, 1.82) is 0 Å². The molecule has 0 aliphatic carbocycles. The molecule has 0 amide bonds. The van der Waals surface area contributed by atoms with Crippen LogP contribution in [0, 0.1) is 0 Å². The Morgan fingerprint density at radius 3 is 3.11 bits per heavy atom. The molecule has 7 heteroatoms. The van der Waals surface area contributed by atoms with Crippen LogP contribution in [0.3, 0.4) is 0 Å². The first-order chi connectivity index (χ1) is 8.83. The summed E-state index contributed by atoms with van der Waals surface area (Å²) >= 11 is 0. The predicted molar refractivity (Wildman–Crippen MR) is 66.8 cm³/mol. The molecule has 7 nitrogen and oxygen atoms in total. The van der Waals surface area contributed by atoms with Gasteiger partial charge in [0, 0.05) is 24.7 Å². The molecule has 0 saturated carbocycles. The van der Waals surface area contributed by atoms with E-state index >= 15 is 0 Å². The van der Waals surface area contributed by atoms with E-state index in [2.05, 4.69) is 30.3 Å². The van der Waals surface area contributed by atoms with Crippen molar-refractivity contribution in [1.82, 2.24) is 25.4 Å². The summed E-state index contributed by atoms with van der Waals surface area (Å²) in [7, 11) is 0. The number of nitrogens with zero attached hydrogens (tertiary/aromatic N) is 5. The molecule has 2 aromatic heterocycles. The average Bonchev–Trinajstić information content (AvgIpc) is 2.89. The Morgan fingerprint density at radius 2 is 2.33 bits per heavy atom. The highest BCUT2D eigenvalue weighted by Gasteiger charge is 2.20. The van der Waals surface area contributed by atoms with Crippen molar-refractivity contribution >= 4 is 5.95 Å². The average molecular weight is 245 g/mol. The maximum absolute atomic E-state index is 5.95. The van der Waals surface area contributed by atoms with E-state index in [1.165, 1.54) is 0 Å². The van der Waals surface area contributed by atoms with Crippen LogP contribution >= 0.6 is 0 Å². The van der Waals surface area contributed by atoms with Gasteiger partial charge < -0.3 is 10.6 Å². The quantitative estimate of drug-likeness (QED) is 0.784. The molecule has 1 atom stereocenters. The smallest absolute Gasteiger partial charge is 0.245 e. The van der Waals surface area contributed by atoms with Crippen molar-refractivity contribution in [2.75, 3.05) is 18.0 Å². The summed E-state index contributed by atoms with van der Waals surface area (Å²) in [6.45, 7) is 1.77. The third-order valence-corrected chi connectivity index (χ3v) is 3.07. The number of anilines is 1. The van der Waals surface area contributed by atoms with E-state index in [4.69, 9.17) is 5.73 Å². The highest BCUT2D eigenvalue weighted by Crippen LogP contribution is 2.18. The van der Waals surface area contributed by atoms with Gasteiger partial charge in [-0.15, -0.1) is 5.10 Å². The van der Waals surface area contributed by atoms with Gasteiger partial charge in [-0.1, -0.05) is 0 Å². The van der Waals surface area contributed by atoms with Gasteiger partial charge in [0.1, 0.15) is 0 Å². The summed E-state index contributed by atoms with van der Waals surface area (Å²) in [5.41, 5.74) is 6.83. The molecule has 1 aliphatic heterocycles. The first-order valence-corrected chi connectivity index (χ1v) is 6.03. The Balaban J connectivity index is 1.81. The number of nitrogens with one attached hydrogen (secondary N) is 1. The molecule has 0 bridgehead atoms. The third-order valence-electron chi connectivity index (χ3n) is 3.07. The first kappa shape index (κ1) is 11.1. The predicted octanol–water partition coefficient (Wildman–Crippen LogP) is 0.189. The molecule has 3 N–H and O–H groups in total. The van der Waals surface area contributed by atoms with Crippen LogP contribution in [-0.2, 0) is 0 Å². The van der Waals surface area contributed by atoms with Gasteiger partial charge in [0.05, 0.1) is 12.4 Å². The molecule has 3 rings (SSSR count). The molecule has 1 aliphatic rings. The van der Waals surface area contributed by atoms with Crippen LogP contribution in [-0.4, -0.2) is 44.5 Å². The topological polar surface area (TPSA) is 96.6 Å². The second-order valence-electron chi connectivity index (χ2n) is 4.46. The summed E-state index contributed by atoms with van der Waals surface area (Å²) in [5, 5.41) is 14.7. The fourth-order valence-electron chi connectivity index (χ4n) is 2.15. The van der Waals surface area contributed by atoms with Crippen molar-refractivity contribution in [2.24, 2.45) is 5.73 Å². The number of piperidine rings is 1. The van der Waals surface area contributed by atoms with E-state index < -0.39 is 0 Å². The Morgan fingerprint density at radius 1 is 1.39 bits per heavy atom. The Bertz CT molecular complexity index is 509. The molecule has 0 spiro atoms. The van der Waals surface area contributed by atoms with E-state index in [1.54, 1.807) is 12.4 Å². The van der Waals surface area contributed by atoms with Crippen molar-refractivity contribution in [3.8, 4) is 11.4 Å². The molecule has 2 aromatic rings. The molecule has 18 heavy (non-hydrogen) atoms. The Hall–Kier alpha value is -2.02. The monoisotopic (exact) mass is 245 g/mol. The van der Waals surface area contributed by atoms with Crippen LogP contribution in [0.25, 0.3) is 11.4 Å². The number of H-pyrrole nitrogens is 1. The number of hydrogen-bond acceptors (Lipinski definition) is 6. The molecule has 1 saturated heterocycles. The maximum atomic E-state index is 5.95. The van der Waals surface area contributed by atoms with Crippen LogP contribution in [0.1, 0.15) is 12.8 Å². The maximum Gasteiger partial charge on any atom is 0.245 e. The van der Waals surface area contributed by atoms with Gasteiger partial charge in [0.25, 0.3) is 0 Å². The third kappa shape index (κ3) is 2.17. The fourth-order valence-corrected chi connectivity index (χ4v) is 2.15. The van der Waals surface area contributed by atoms with Crippen LogP contribution in [0.2, 0.25) is 0 Å². The standard InChI is InChI=1S/C11H15N7/c12-9-2-1-5-18(7-9)11-15-10(16-17-11)8-3-4-13-14-6-8/h3-4,6,9H,1-2,5,7,12H2,(H,15,16,17). The highest BCUT2D eigenvalue weighted by molar-refractivity contribution is 5.54. The summed E-state index contributed by atoms with van der Waals surface area (Å²) < 4.78 is 0. The van der Waals surface area contributed by atoms with Crippen molar-refractivity contribution in [2.45, 2.75) is 18.9 Å². The summed E-state index contributed by atoms with van der Waals surface area (Å²) in [6.07, 6.45) is 5.45. The molecule has 1 unspecified atom stereocenters. The van der Waals surface area contributed by atoms with E-state index in [0.29, 0.717) is 11.8 Å². The Kier molecular flexibility index (Phi) is 2.89. The van der Waals surface area contributed by atoms with Crippen molar-refractivity contribution in [3.05, 3.63) is 18.5 Å². The summed E-state index contributed by atoms with van der Waals surface area (Å²) in [5.74, 6) is 1.41. The van der Waals surface area contributed by atoms with Gasteiger partial charge in [-0.25, -0.2) is 0 Å². The Labute approximate surface area is 104 Å². The van der Waals surface area contributed by atoms with Crippen LogP contribution in [0.15, 0.2) is 18.5 Å². The number of aromatic nitrogens is 5. The van der Waals surface area contributed by atoms with Crippen molar-refractivity contribution < 1.29 is 0 Å². The first-order valence-electron chi connectivity index (χ1n) is 6.03. The summed E-state index contributed by atoms with van der Waals surface area (Å²) in [4.78, 5) is 6.59. The lowest BCUT2D eigenvalue weighted by atomic mass is 10.1. The van der Waals surface area contributed by atoms with E-state index in [-0.39, 0.29) is 6.04 Å². The second kappa shape index (κ2) is 4.69. The van der Waals surface area contributed by atoms with Crippen molar-refractivity contribution in [3.63, 3.8) is 0 Å². The molecule has 0 aromatic carbocycles. The zero-order valence-corrected chi connectivity index (χ0v) is 9.95. The number of hydrogen-bond donors (Lipinski definition) is 2. The van der Waals surface area contributed by atoms with Gasteiger partial charge in [0.15, 0.2) is 5.82 Å². The lowest BCUT2D eigenvalue weighted by molar-refractivity contribution is 0.500. The van der Waals surface area contributed by atoms with Crippen LogP contribution < -0.4 is 10.6 Å². The number of nitrogens with two attached hydrogens (primary N) is 1. The lowest BCUT2D eigenvalue weighted by Gasteiger charge is -2.29. The van der Waals surface area contributed by atoms with E-state index in [9.17, 15) is 0 Å². The largest absolute Gasteiger partial charge is 0.338 e. The van der Waals surface area contributed by atoms with Gasteiger partial charge in [-0.2, -0.15) is 15.2 Å². The normalized spacial score (nSPS) is 20.1. The molecule has 1 fully saturated rings. The molecule has 94 valence electrons. The van der Waals surface area contributed by atoms with Gasteiger partial charge >= 0.3 is 0 Å². The van der Waals surface area contributed by atoms with Gasteiger partial charge in [-0.05, 0) is 18.9 Å². The highest BCUT2D eigenvalue weighted by atomic mass is 15.4. The second-order valence-corrected chi connectivity index (χ2v) is 4.46.